The van der Waals surface area contributed by atoms with Crippen molar-refractivity contribution in [2.24, 2.45) is 0 Å². The van der Waals surface area contributed by atoms with E-state index in [2.05, 4.69) is 10.6 Å². The number of hydrogen-bond acceptors (Lipinski definition) is 3. The van der Waals surface area contributed by atoms with Crippen LogP contribution in [0.15, 0.2) is 18.2 Å². The molecule has 0 aromatic heterocycles. The maximum atomic E-state index is 12.6. The molecule has 1 aromatic rings. The molecule has 1 aliphatic rings. The summed E-state index contributed by atoms with van der Waals surface area (Å²) in [6.07, 6.45) is 0.336. The van der Waals surface area contributed by atoms with E-state index in [-0.39, 0.29) is 11.8 Å². The van der Waals surface area contributed by atoms with E-state index in [0.717, 1.165) is 12.2 Å². The first-order valence-electron chi connectivity index (χ1n) is 6.71. The Morgan fingerprint density at radius 2 is 2.25 bits per heavy atom. The van der Waals surface area contributed by atoms with E-state index in [1.807, 2.05) is 6.92 Å². The van der Waals surface area contributed by atoms with Gasteiger partial charge in [0.05, 0.1) is 5.56 Å². The third-order valence-electron chi connectivity index (χ3n) is 3.18. The quantitative estimate of drug-likeness (QED) is 0.893. The molecule has 0 bridgehead atoms. The van der Waals surface area contributed by atoms with E-state index in [0.29, 0.717) is 36.6 Å². The van der Waals surface area contributed by atoms with E-state index >= 15 is 0 Å². The van der Waals surface area contributed by atoms with Gasteiger partial charge < -0.3 is 15.5 Å². The monoisotopic (exact) mass is 295 g/mol. The molecule has 5 nitrogen and oxygen atoms in total. The molecule has 108 valence electrons. The Labute approximate surface area is 123 Å². The smallest absolute Gasteiger partial charge is 0.256 e. The third-order valence-corrected chi connectivity index (χ3v) is 3.41. The van der Waals surface area contributed by atoms with Gasteiger partial charge in [-0.25, -0.2) is 0 Å². The van der Waals surface area contributed by atoms with Crippen LogP contribution in [0.3, 0.4) is 0 Å². The summed E-state index contributed by atoms with van der Waals surface area (Å²) in [6, 6.07) is 5.23. The number of carbonyl (C=O) groups is 2. The fraction of sp³-hybridized carbons (Fsp3) is 0.429. The fourth-order valence-corrected chi connectivity index (χ4v) is 2.35. The van der Waals surface area contributed by atoms with Crippen LogP contribution >= 0.6 is 11.6 Å². The summed E-state index contributed by atoms with van der Waals surface area (Å²) in [6.45, 7) is 4.13. The Morgan fingerprint density at radius 3 is 3.00 bits per heavy atom. The second kappa shape index (κ2) is 6.61. The van der Waals surface area contributed by atoms with Crippen LogP contribution in [0.4, 0.5) is 5.69 Å². The van der Waals surface area contributed by atoms with Crippen molar-refractivity contribution in [2.75, 3.05) is 31.5 Å². The fourth-order valence-electron chi connectivity index (χ4n) is 2.18. The van der Waals surface area contributed by atoms with Gasteiger partial charge in [0.15, 0.2) is 0 Å². The van der Waals surface area contributed by atoms with Gasteiger partial charge in [0.1, 0.15) is 0 Å². The Morgan fingerprint density at radius 1 is 1.45 bits per heavy atom. The first kappa shape index (κ1) is 14.7. The van der Waals surface area contributed by atoms with Crippen LogP contribution < -0.4 is 10.6 Å². The van der Waals surface area contributed by atoms with Crippen LogP contribution in [0.1, 0.15) is 23.7 Å². The Kier molecular flexibility index (Phi) is 4.84. The molecule has 2 N–H and O–H groups in total. The predicted octanol–water partition coefficient (Wildman–Crippen LogP) is 1.73. The second-order valence-electron chi connectivity index (χ2n) is 4.61. The van der Waals surface area contributed by atoms with Crippen LogP contribution in [0.2, 0.25) is 5.02 Å². The molecule has 6 heteroatoms. The lowest BCUT2D eigenvalue weighted by Crippen LogP contribution is -2.34. The van der Waals surface area contributed by atoms with Gasteiger partial charge >= 0.3 is 0 Å². The summed E-state index contributed by atoms with van der Waals surface area (Å²) in [5.74, 6) is -0.113. The molecule has 1 aromatic carbocycles. The molecule has 0 saturated carbocycles. The molecule has 0 atom stereocenters. The average Bonchev–Trinajstić information content (AvgIpc) is 2.65. The number of halogens is 1. The van der Waals surface area contributed by atoms with Gasteiger partial charge in [-0.2, -0.15) is 0 Å². The van der Waals surface area contributed by atoms with Gasteiger partial charge in [-0.05, 0) is 25.1 Å². The van der Waals surface area contributed by atoms with Crippen LogP contribution in [0.25, 0.3) is 0 Å². The van der Waals surface area contributed by atoms with Crippen LogP contribution in [0.5, 0.6) is 0 Å². The van der Waals surface area contributed by atoms with E-state index in [9.17, 15) is 9.59 Å². The maximum Gasteiger partial charge on any atom is 0.256 e. The summed E-state index contributed by atoms with van der Waals surface area (Å²) in [4.78, 5) is 25.6. The number of rotatable bonds is 3. The highest BCUT2D eigenvalue weighted by molar-refractivity contribution is 6.31. The summed E-state index contributed by atoms with van der Waals surface area (Å²) in [7, 11) is 0. The van der Waals surface area contributed by atoms with E-state index < -0.39 is 0 Å². The van der Waals surface area contributed by atoms with Gasteiger partial charge in [-0.3, -0.25) is 9.59 Å². The normalized spacial score (nSPS) is 15.5. The number of carbonyl (C=O) groups excluding carboxylic acids is 2. The minimum absolute atomic E-state index is 0.0155. The third kappa shape index (κ3) is 3.42. The molecule has 0 aliphatic carbocycles. The number of nitrogens with zero attached hydrogens (tertiary/aromatic N) is 1. The molecule has 0 radical (unpaired) electrons. The van der Waals surface area contributed by atoms with Crippen molar-refractivity contribution < 1.29 is 9.59 Å². The van der Waals surface area contributed by atoms with Crippen LogP contribution in [-0.4, -0.2) is 42.9 Å². The van der Waals surface area contributed by atoms with Gasteiger partial charge in [0.25, 0.3) is 5.91 Å². The molecule has 1 saturated heterocycles. The molecule has 0 spiro atoms. The summed E-state index contributed by atoms with van der Waals surface area (Å²) < 4.78 is 0. The topological polar surface area (TPSA) is 61.4 Å². The molecule has 1 aliphatic heterocycles. The highest BCUT2D eigenvalue weighted by atomic mass is 35.5. The number of nitrogens with one attached hydrogen (secondary N) is 2. The van der Waals surface area contributed by atoms with Crippen molar-refractivity contribution in [3.8, 4) is 0 Å². The van der Waals surface area contributed by atoms with E-state index in [1.165, 1.54) is 0 Å². The number of hydrogen-bond donors (Lipinski definition) is 2. The Balaban J connectivity index is 2.23. The highest BCUT2D eigenvalue weighted by Gasteiger charge is 2.22. The molecule has 2 rings (SSSR count). The van der Waals surface area contributed by atoms with Crippen molar-refractivity contribution in [3.63, 3.8) is 0 Å². The SMILES string of the molecule is CCNc1ccc(Cl)cc1C(=O)N1CCNC(=O)CC1. The highest BCUT2D eigenvalue weighted by Crippen LogP contribution is 2.22. The van der Waals surface area contributed by atoms with Gasteiger partial charge in [-0.1, -0.05) is 11.6 Å². The minimum Gasteiger partial charge on any atom is -0.385 e. The molecule has 1 heterocycles. The Bertz CT molecular complexity index is 519. The minimum atomic E-state index is -0.0973. The van der Waals surface area contributed by atoms with Crippen molar-refractivity contribution in [2.45, 2.75) is 13.3 Å². The van der Waals surface area contributed by atoms with Gasteiger partial charge in [-0.15, -0.1) is 0 Å². The summed E-state index contributed by atoms with van der Waals surface area (Å²) in [5.41, 5.74) is 1.32. The Hall–Kier alpha value is -1.75. The van der Waals surface area contributed by atoms with E-state index in [1.54, 1.807) is 23.1 Å². The summed E-state index contributed by atoms with van der Waals surface area (Å²) >= 11 is 5.99. The largest absolute Gasteiger partial charge is 0.385 e. The molecule has 1 fully saturated rings. The van der Waals surface area contributed by atoms with Crippen LogP contribution in [-0.2, 0) is 4.79 Å². The number of anilines is 1. The molecule has 20 heavy (non-hydrogen) atoms. The van der Waals surface area contributed by atoms with Crippen LogP contribution in [0, 0.1) is 0 Å². The molecule has 0 unspecified atom stereocenters. The summed E-state index contributed by atoms with van der Waals surface area (Å²) in [5, 5.41) is 6.44. The maximum absolute atomic E-state index is 12.6. The number of benzene rings is 1. The molecule has 2 amide bonds. The van der Waals surface area contributed by atoms with Crippen molar-refractivity contribution in [1.82, 2.24) is 10.2 Å². The lowest BCUT2D eigenvalue weighted by Gasteiger charge is -2.21. The lowest BCUT2D eigenvalue weighted by molar-refractivity contribution is -0.120. The lowest BCUT2D eigenvalue weighted by atomic mass is 10.1. The average molecular weight is 296 g/mol. The first-order valence-corrected chi connectivity index (χ1v) is 7.09. The van der Waals surface area contributed by atoms with Gasteiger partial charge in [0.2, 0.25) is 5.91 Å². The zero-order valence-electron chi connectivity index (χ0n) is 11.4. The van der Waals surface area contributed by atoms with Crippen molar-refractivity contribution >= 4 is 29.1 Å². The number of amides is 2. The zero-order chi connectivity index (χ0) is 14.5. The zero-order valence-corrected chi connectivity index (χ0v) is 12.2. The molecular weight excluding hydrogens is 278 g/mol. The van der Waals surface area contributed by atoms with Gasteiger partial charge in [0, 0.05) is 43.3 Å². The standard InChI is InChI=1S/C14H18ClN3O2/c1-2-16-12-4-3-10(15)9-11(12)14(20)18-7-5-13(19)17-6-8-18/h3-4,9,16H,2,5-8H2,1H3,(H,17,19). The molecular formula is C14H18ClN3O2. The van der Waals surface area contributed by atoms with Crippen molar-refractivity contribution in [3.05, 3.63) is 28.8 Å². The van der Waals surface area contributed by atoms with Crippen molar-refractivity contribution in [1.29, 1.82) is 0 Å². The first-order chi connectivity index (χ1) is 9.61. The van der Waals surface area contributed by atoms with E-state index in [4.69, 9.17) is 11.6 Å². The second-order valence-corrected chi connectivity index (χ2v) is 5.05. The predicted molar refractivity (Wildman–Crippen MR) is 79.1 cm³/mol.